The van der Waals surface area contributed by atoms with E-state index < -0.39 is 9.85 Å². The van der Waals surface area contributed by atoms with Crippen LogP contribution in [0.4, 0.5) is 11.4 Å². The van der Waals surface area contributed by atoms with Crippen LogP contribution in [0.25, 0.3) is 0 Å². The summed E-state index contributed by atoms with van der Waals surface area (Å²) in [5.41, 5.74) is 2.84. The maximum absolute atomic E-state index is 11.1. The van der Waals surface area contributed by atoms with Crippen molar-refractivity contribution in [2.45, 2.75) is 27.7 Å². The highest BCUT2D eigenvalue weighted by molar-refractivity contribution is 5.54. The van der Waals surface area contributed by atoms with Crippen LogP contribution < -0.4 is 14.2 Å². The van der Waals surface area contributed by atoms with E-state index in [0.717, 1.165) is 11.1 Å². The molecular weight excluding hydrogens is 476 g/mol. The zero-order valence-electron chi connectivity index (χ0n) is 20.7. The van der Waals surface area contributed by atoms with Gasteiger partial charge in [0.1, 0.15) is 11.5 Å². The normalized spacial score (nSPS) is 10.6. The molecular formula is C28H24N2O7. The van der Waals surface area contributed by atoms with Gasteiger partial charge in [-0.1, -0.05) is 12.1 Å². The molecule has 0 aromatic heterocycles. The fourth-order valence-electron chi connectivity index (χ4n) is 3.72. The third-order valence-electron chi connectivity index (χ3n) is 5.60. The SMILES string of the molecule is Cc1ccc(Oc2ccc([N+](=O)[O-])c(C)c2)c(Oc2cc(C)ccc2Oc2ccc([N+](=O)[O-])c(C)c2)c1. The number of nitrogens with zero attached hydrogens (tertiary/aromatic N) is 2. The zero-order valence-corrected chi connectivity index (χ0v) is 20.7. The predicted octanol–water partition coefficient (Wildman–Crippen LogP) is 8.11. The average molecular weight is 501 g/mol. The lowest BCUT2D eigenvalue weighted by molar-refractivity contribution is -0.385. The number of ether oxygens (including phenoxy) is 3. The van der Waals surface area contributed by atoms with Gasteiger partial charge in [0.2, 0.25) is 0 Å². The molecule has 0 aliphatic carbocycles. The first-order valence-electron chi connectivity index (χ1n) is 11.4. The molecule has 0 bridgehead atoms. The number of hydrogen-bond acceptors (Lipinski definition) is 7. The Labute approximate surface area is 213 Å². The summed E-state index contributed by atoms with van der Waals surface area (Å²) in [4.78, 5) is 21.4. The lowest BCUT2D eigenvalue weighted by Gasteiger charge is -2.16. The second kappa shape index (κ2) is 10.4. The Morgan fingerprint density at radius 2 is 0.919 bits per heavy atom. The van der Waals surface area contributed by atoms with Crippen molar-refractivity contribution in [3.8, 4) is 34.5 Å². The van der Waals surface area contributed by atoms with Crippen LogP contribution in [0.2, 0.25) is 0 Å². The first kappa shape index (κ1) is 25.2. The van der Waals surface area contributed by atoms with E-state index in [9.17, 15) is 20.2 Å². The van der Waals surface area contributed by atoms with E-state index in [1.807, 2.05) is 38.1 Å². The Morgan fingerprint density at radius 3 is 1.27 bits per heavy atom. The molecule has 0 spiro atoms. The van der Waals surface area contributed by atoms with E-state index in [2.05, 4.69) is 0 Å². The quantitative estimate of drug-likeness (QED) is 0.177. The molecule has 0 saturated heterocycles. The highest BCUT2D eigenvalue weighted by Gasteiger charge is 2.17. The second-order valence-electron chi connectivity index (χ2n) is 8.62. The smallest absolute Gasteiger partial charge is 0.272 e. The summed E-state index contributed by atoms with van der Waals surface area (Å²) in [6.45, 7) is 7.13. The van der Waals surface area contributed by atoms with Gasteiger partial charge in [-0.2, -0.15) is 0 Å². The molecule has 0 heterocycles. The fraction of sp³-hybridized carbons (Fsp3) is 0.143. The lowest BCUT2D eigenvalue weighted by atomic mass is 10.2. The monoisotopic (exact) mass is 500 g/mol. The van der Waals surface area contributed by atoms with Gasteiger partial charge in [-0.3, -0.25) is 20.2 Å². The van der Waals surface area contributed by atoms with Gasteiger partial charge >= 0.3 is 0 Å². The predicted molar refractivity (Wildman–Crippen MR) is 138 cm³/mol. The maximum Gasteiger partial charge on any atom is 0.272 e. The van der Waals surface area contributed by atoms with E-state index in [1.165, 1.54) is 24.3 Å². The minimum absolute atomic E-state index is 0.00996. The molecule has 0 unspecified atom stereocenters. The molecule has 0 atom stereocenters. The summed E-state index contributed by atoms with van der Waals surface area (Å²) >= 11 is 0. The maximum atomic E-state index is 11.1. The molecule has 4 aromatic rings. The topological polar surface area (TPSA) is 114 Å². The standard InChI is InChI=1S/C28H24N2O7/c1-17-5-11-25(35-21-7-9-23(29(31)32)19(3)15-21)27(13-17)37-28-14-18(2)6-12-26(28)36-22-8-10-24(30(33)34)20(4)16-22/h5-16H,1-4H3. The van der Waals surface area contributed by atoms with Gasteiger partial charge in [-0.05, 0) is 87.4 Å². The molecule has 0 radical (unpaired) electrons. The van der Waals surface area contributed by atoms with Crippen molar-refractivity contribution in [2.75, 3.05) is 0 Å². The molecule has 0 amide bonds. The number of benzene rings is 4. The van der Waals surface area contributed by atoms with Crippen molar-refractivity contribution in [3.05, 3.63) is 115 Å². The average Bonchev–Trinajstić information content (AvgIpc) is 2.82. The molecule has 0 fully saturated rings. The van der Waals surface area contributed by atoms with Crippen molar-refractivity contribution >= 4 is 11.4 Å². The van der Waals surface area contributed by atoms with Gasteiger partial charge in [0.05, 0.1) is 9.85 Å². The molecule has 37 heavy (non-hydrogen) atoms. The number of rotatable bonds is 8. The minimum atomic E-state index is -0.439. The van der Waals surface area contributed by atoms with Gasteiger partial charge in [0.25, 0.3) is 11.4 Å². The summed E-state index contributed by atoms with van der Waals surface area (Å²) in [6, 6.07) is 20.0. The summed E-state index contributed by atoms with van der Waals surface area (Å²) < 4.78 is 18.3. The molecule has 9 heteroatoms. The highest BCUT2D eigenvalue weighted by atomic mass is 16.6. The van der Waals surface area contributed by atoms with Crippen LogP contribution in [0.5, 0.6) is 34.5 Å². The van der Waals surface area contributed by atoms with E-state index in [4.69, 9.17) is 14.2 Å². The summed E-state index contributed by atoms with van der Waals surface area (Å²) in [7, 11) is 0. The number of hydrogen-bond donors (Lipinski definition) is 0. The van der Waals surface area contributed by atoms with Crippen LogP contribution >= 0.6 is 0 Å². The lowest BCUT2D eigenvalue weighted by Crippen LogP contribution is -1.96. The van der Waals surface area contributed by atoms with Crippen molar-refractivity contribution in [1.82, 2.24) is 0 Å². The first-order valence-corrected chi connectivity index (χ1v) is 11.4. The van der Waals surface area contributed by atoms with E-state index in [0.29, 0.717) is 45.6 Å². The van der Waals surface area contributed by atoms with Gasteiger partial charge < -0.3 is 14.2 Å². The van der Waals surface area contributed by atoms with E-state index in [1.54, 1.807) is 38.1 Å². The molecule has 0 N–H and O–H groups in total. The minimum Gasteiger partial charge on any atom is -0.453 e. The van der Waals surface area contributed by atoms with Crippen molar-refractivity contribution in [3.63, 3.8) is 0 Å². The molecule has 188 valence electrons. The first-order chi connectivity index (χ1) is 17.6. The van der Waals surface area contributed by atoms with Crippen LogP contribution in [0.1, 0.15) is 22.3 Å². The Bertz CT molecular complexity index is 1400. The van der Waals surface area contributed by atoms with Gasteiger partial charge in [0.15, 0.2) is 23.0 Å². The van der Waals surface area contributed by atoms with Gasteiger partial charge in [0, 0.05) is 23.3 Å². The molecule has 9 nitrogen and oxygen atoms in total. The van der Waals surface area contributed by atoms with E-state index in [-0.39, 0.29) is 11.4 Å². The van der Waals surface area contributed by atoms with Crippen molar-refractivity contribution in [1.29, 1.82) is 0 Å². The number of nitro groups is 2. The Balaban J connectivity index is 1.65. The Hall–Kier alpha value is -4.92. The number of aryl methyl sites for hydroxylation is 4. The second-order valence-corrected chi connectivity index (χ2v) is 8.62. The molecule has 4 rings (SSSR count). The highest BCUT2D eigenvalue weighted by Crippen LogP contribution is 2.41. The zero-order chi connectivity index (χ0) is 26.7. The van der Waals surface area contributed by atoms with Crippen LogP contribution in [-0.2, 0) is 0 Å². The molecule has 0 aliphatic heterocycles. The Morgan fingerprint density at radius 1 is 0.514 bits per heavy atom. The third-order valence-corrected chi connectivity index (χ3v) is 5.60. The van der Waals surface area contributed by atoms with Crippen LogP contribution in [0.15, 0.2) is 72.8 Å². The Kier molecular flexibility index (Phi) is 7.06. The van der Waals surface area contributed by atoms with Crippen LogP contribution in [0.3, 0.4) is 0 Å². The summed E-state index contributed by atoms with van der Waals surface area (Å²) in [5.74, 6) is 2.53. The van der Waals surface area contributed by atoms with Crippen molar-refractivity contribution < 1.29 is 24.1 Å². The largest absolute Gasteiger partial charge is 0.453 e. The van der Waals surface area contributed by atoms with Crippen LogP contribution in [-0.4, -0.2) is 9.85 Å². The number of nitro benzene ring substituents is 2. The molecule has 4 aromatic carbocycles. The molecule has 0 aliphatic rings. The third kappa shape index (κ3) is 5.84. The van der Waals surface area contributed by atoms with Crippen LogP contribution in [0, 0.1) is 47.9 Å². The summed E-state index contributed by atoms with van der Waals surface area (Å²) in [5, 5.41) is 22.3. The molecule has 0 saturated carbocycles. The van der Waals surface area contributed by atoms with Crippen molar-refractivity contribution in [2.24, 2.45) is 0 Å². The fourth-order valence-corrected chi connectivity index (χ4v) is 3.72. The van der Waals surface area contributed by atoms with Gasteiger partial charge in [-0.15, -0.1) is 0 Å². The van der Waals surface area contributed by atoms with E-state index >= 15 is 0 Å². The summed E-state index contributed by atoms with van der Waals surface area (Å²) in [6.07, 6.45) is 0. The van der Waals surface area contributed by atoms with Gasteiger partial charge in [-0.25, -0.2) is 0 Å².